The summed E-state index contributed by atoms with van der Waals surface area (Å²) >= 11 is 0. The number of hydrogen-bond acceptors (Lipinski definition) is 6. The van der Waals surface area contributed by atoms with Crippen molar-refractivity contribution in [1.29, 1.82) is 5.26 Å². The first-order valence-electron chi connectivity index (χ1n) is 13.1. The molecule has 0 amide bonds. The topological polar surface area (TPSA) is 96.8 Å². The molecule has 2 bridgehead atoms. The zero-order valence-electron chi connectivity index (χ0n) is 22.1. The second-order valence-electron chi connectivity index (χ2n) is 11.0. The van der Waals surface area contributed by atoms with Crippen LogP contribution in [0.1, 0.15) is 41.5 Å². The summed E-state index contributed by atoms with van der Waals surface area (Å²) in [5.74, 6) is 0.773. The maximum absolute atomic E-state index is 16.2. The number of ether oxygens (including phenoxy) is 1. The fraction of sp³-hybridized carbons (Fsp3) is 0.290. The van der Waals surface area contributed by atoms with Crippen LogP contribution in [0, 0.1) is 45.6 Å². The summed E-state index contributed by atoms with van der Waals surface area (Å²) in [6.07, 6.45) is 1.10. The van der Waals surface area contributed by atoms with Crippen LogP contribution in [0.2, 0.25) is 0 Å². The highest BCUT2D eigenvalue weighted by molar-refractivity contribution is 5.44. The van der Waals surface area contributed by atoms with Crippen LogP contribution in [0.4, 0.5) is 17.6 Å². The van der Waals surface area contributed by atoms with Crippen LogP contribution in [0.5, 0.6) is 5.75 Å². The van der Waals surface area contributed by atoms with Gasteiger partial charge in [0, 0.05) is 28.0 Å². The molecule has 0 unspecified atom stereocenters. The average molecular weight is 574 g/mol. The number of aromatic nitrogens is 4. The van der Waals surface area contributed by atoms with E-state index in [1.807, 2.05) is 12.1 Å². The Bertz CT molecular complexity index is 1700. The van der Waals surface area contributed by atoms with Gasteiger partial charge in [0.05, 0.1) is 18.2 Å². The minimum Gasteiger partial charge on any atom is -0.489 e. The minimum absolute atomic E-state index is 0.0204. The Balaban J connectivity index is 1.14. The van der Waals surface area contributed by atoms with E-state index in [9.17, 15) is 13.9 Å². The molecule has 3 saturated carbocycles. The Morgan fingerprint density at radius 1 is 0.976 bits per heavy atom. The first kappa shape index (κ1) is 27.4. The number of nitrogens with zero attached hydrogens (tertiary/aromatic N) is 5. The molecule has 3 aromatic carbocycles. The van der Waals surface area contributed by atoms with E-state index >= 15 is 8.78 Å². The molecule has 3 aliphatic carbocycles. The first-order valence-corrected chi connectivity index (χ1v) is 13.1. The zero-order valence-corrected chi connectivity index (χ0v) is 22.1. The number of hydrogen-bond donors (Lipinski definition) is 1. The molecule has 7 rings (SSSR count). The van der Waals surface area contributed by atoms with Crippen molar-refractivity contribution < 1.29 is 27.4 Å². The van der Waals surface area contributed by atoms with Gasteiger partial charge < -0.3 is 9.84 Å². The lowest BCUT2D eigenvalue weighted by Gasteiger charge is -2.72. The second-order valence-corrected chi connectivity index (χ2v) is 11.0. The molecule has 0 radical (unpaired) electrons. The van der Waals surface area contributed by atoms with Gasteiger partial charge in [-0.2, -0.15) is 5.26 Å². The molecule has 1 atom stereocenters. The molecule has 1 N–H and O–H groups in total. The second kappa shape index (κ2) is 9.97. The molecule has 1 aromatic heterocycles. The molecule has 4 aromatic rings. The maximum atomic E-state index is 16.2. The van der Waals surface area contributed by atoms with E-state index in [0.717, 1.165) is 28.7 Å². The first-order chi connectivity index (χ1) is 20.1. The van der Waals surface area contributed by atoms with Gasteiger partial charge in [0.1, 0.15) is 30.3 Å². The molecule has 7 nitrogen and oxygen atoms in total. The highest BCUT2D eigenvalue weighted by atomic mass is 19.3. The summed E-state index contributed by atoms with van der Waals surface area (Å²) in [6, 6.07) is 18.4. The van der Waals surface area contributed by atoms with Gasteiger partial charge in [0.15, 0.2) is 5.60 Å². The van der Waals surface area contributed by atoms with Gasteiger partial charge in [-0.25, -0.2) is 22.2 Å². The number of nitriles is 1. The van der Waals surface area contributed by atoms with Crippen molar-refractivity contribution in [3.63, 3.8) is 0 Å². The smallest absolute Gasteiger partial charge is 0.287 e. The van der Waals surface area contributed by atoms with E-state index in [-0.39, 0.29) is 19.3 Å². The summed E-state index contributed by atoms with van der Waals surface area (Å²) in [4.78, 5) is 0. The Morgan fingerprint density at radius 2 is 1.67 bits per heavy atom. The van der Waals surface area contributed by atoms with E-state index < -0.39 is 46.1 Å². The van der Waals surface area contributed by atoms with Crippen LogP contribution < -0.4 is 4.74 Å². The van der Waals surface area contributed by atoms with E-state index in [2.05, 4.69) is 33.4 Å². The average Bonchev–Trinajstić information content (AvgIpc) is 3.44. The normalized spacial score (nSPS) is 22.0. The lowest BCUT2D eigenvalue weighted by atomic mass is 9.32. The third-order valence-corrected chi connectivity index (χ3v) is 8.19. The maximum Gasteiger partial charge on any atom is 0.287 e. The van der Waals surface area contributed by atoms with Crippen molar-refractivity contribution in [3.05, 3.63) is 107 Å². The molecule has 0 spiro atoms. The van der Waals surface area contributed by atoms with Crippen molar-refractivity contribution in [3.8, 4) is 23.7 Å². The van der Waals surface area contributed by atoms with Crippen LogP contribution in [0.3, 0.4) is 0 Å². The molecule has 42 heavy (non-hydrogen) atoms. The van der Waals surface area contributed by atoms with Crippen LogP contribution >= 0.6 is 0 Å². The molecule has 3 fully saturated rings. The van der Waals surface area contributed by atoms with Crippen molar-refractivity contribution in [2.75, 3.05) is 0 Å². The van der Waals surface area contributed by atoms with Crippen molar-refractivity contribution in [2.45, 2.75) is 43.9 Å². The van der Waals surface area contributed by atoms with Gasteiger partial charge in [-0.05, 0) is 83.8 Å². The Labute approximate surface area is 238 Å². The molecule has 1 heterocycles. The van der Waals surface area contributed by atoms with Crippen LogP contribution in [-0.2, 0) is 18.8 Å². The minimum atomic E-state index is -3.80. The summed E-state index contributed by atoms with van der Waals surface area (Å²) in [5, 5.41) is 30.7. The van der Waals surface area contributed by atoms with Crippen LogP contribution in [0.15, 0.2) is 73.1 Å². The van der Waals surface area contributed by atoms with Crippen molar-refractivity contribution in [1.82, 2.24) is 20.2 Å². The summed E-state index contributed by atoms with van der Waals surface area (Å²) in [7, 11) is 0. The predicted octanol–water partition coefficient (Wildman–Crippen LogP) is 5.15. The lowest BCUT2D eigenvalue weighted by Crippen LogP contribution is -2.74. The fourth-order valence-corrected chi connectivity index (χ4v) is 6.04. The zero-order chi connectivity index (χ0) is 29.6. The van der Waals surface area contributed by atoms with E-state index in [1.54, 1.807) is 36.4 Å². The predicted molar refractivity (Wildman–Crippen MR) is 141 cm³/mol. The largest absolute Gasteiger partial charge is 0.489 e. The Hall–Kier alpha value is -4.74. The highest BCUT2D eigenvalue weighted by Gasteiger charge is 2.81. The van der Waals surface area contributed by atoms with Crippen molar-refractivity contribution in [2.24, 2.45) is 10.8 Å². The van der Waals surface area contributed by atoms with E-state index in [0.29, 0.717) is 29.5 Å². The molecular weight excluding hydrogens is 550 g/mol. The number of benzene rings is 3. The SMILES string of the molecule is N#Cc1ccc(COc2ccc(C#CC34CC(C(F)(F)[C@](O)(Cn5cnnn5)c5ccc(F)cc5F)(C3)C4)cc2)cc1. The number of halogens is 4. The third-order valence-electron chi connectivity index (χ3n) is 8.19. The lowest BCUT2D eigenvalue weighted by molar-refractivity contribution is -0.355. The van der Waals surface area contributed by atoms with Gasteiger partial charge in [-0.3, -0.25) is 0 Å². The van der Waals surface area contributed by atoms with Gasteiger partial charge in [0.25, 0.3) is 5.92 Å². The van der Waals surface area contributed by atoms with Crippen molar-refractivity contribution >= 4 is 0 Å². The monoisotopic (exact) mass is 573 g/mol. The molecule has 11 heteroatoms. The highest BCUT2D eigenvalue weighted by Crippen LogP contribution is 2.80. The Kier molecular flexibility index (Phi) is 6.51. The number of tetrazole rings is 1. The van der Waals surface area contributed by atoms with Gasteiger partial charge in [-0.1, -0.05) is 24.0 Å². The molecule has 0 aliphatic heterocycles. The number of rotatable bonds is 8. The van der Waals surface area contributed by atoms with Crippen LogP contribution in [0.25, 0.3) is 0 Å². The van der Waals surface area contributed by atoms with Crippen LogP contribution in [-0.4, -0.2) is 31.2 Å². The molecular formula is C31H23F4N5O2. The van der Waals surface area contributed by atoms with E-state index in [1.165, 1.54) is 0 Å². The molecule has 3 aliphatic rings. The standard InChI is InChI=1S/C31H23F4N5O2/c32-24-7-10-26(27(33)13-24)30(41,19-40-20-37-38-39-40)31(34,35)29-16-28(17-29,18-29)12-11-21-5-8-25(9-6-21)42-15-23-3-1-22(14-36)2-4-23/h1-10,13,20,41H,15-19H2/t28?,29?,30-/m0/s1. The Morgan fingerprint density at radius 3 is 2.29 bits per heavy atom. The van der Waals surface area contributed by atoms with E-state index in [4.69, 9.17) is 10.00 Å². The third kappa shape index (κ3) is 4.56. The quantitative estimate of drug-likeness (QED) is 0.232. The summed E-state index contributed by atoms with van der Waals surface area (Å²) in [6.45, 7) is -0.493. The molecule has 0 saturated heterocycles. The molecule has 212 valence electrons. The summed E-state index contributed by atoms with van der Waals surface area (Å²) < 4.78 is 67.5. The summed E-state index contributed by atoms with van der Waals surface area (Å²) in [5.41, 5.74) is -3.82. The van der Waals surface area contributed by atoms with Gasteiger partial charge >= 0.3 is 0 Å². The van der Waals surface area contributed by atoms with Gasteiger partial charge in [-0.15, -0.1) is 5.10 Å². The number of aliphatic hydroxyl groups is 1. The van der Waals surface area contributed by atoms with Gasteiger partial charge in [0.2, 0.25) is 0 Å². The fourth-order valence-electron chi connectivity index (χ4n) is 6.04. The number of alkyl halides is 2.